The van der Waals surface area contributed by atoms with Gasteiger partial charge < -0.3 is 25.4 Å². The lowest BCUT2D eigenvalue weighted by Gasteiger charge is -2.29. The molecule has 190 valence electrons. The van der Waals surface area contributed by atoms with Gasteiger partial charge in [0.05, 0.1) is 12.1 Å². The van der Waals surface area contributed by atoms with Crippen LogP contribution in [0.3, 0.4) is 0 Å². The molecule has 0 spiro atoms. The fourth-order valence-electron chi connectivity index (χ4n) is 4.91. The second kappa shape index (κ2) is 9.41. The normalized spacial score (nSPS) is 21.2. The van der Waals surface area contributed by atoms with E-state index in [1.165, 1.54) is 4.90 Å². The summed E-state index contributed by atoms with van der Waals surface area (Å²) in [6.45, 7) is 2.39. The lowest BCUT2D eigenvalue weighted by Crippen LogP contribution is -2.53. The van der Waals surface area contributed by atoms with Crippen LogP contribution in [0.1, 0.15) is 23.2 Å². The molecule has 2 aliphatic rings. The Morgan fingerprint density at radius 2 is 1.95 bits per heavy atom. The number of aryl methyl sites for hydroxylation is 1. The number of aromatic nitrogens is 1. The van der Waals surface area contributed by atoms with Gasteiger partial charge in [0.2, 0.25) is 0 Å². The topological polar surface area (TPSA) is 150 Å². The molecule has 0 bridgehead atoms. The minimum atomic E-state index is -1.51. The molecular formula is C26H25N5O6. The molecule has 2 fully saturated rings. The van der Waals surface area contributed by atoms with Crippen molar-refractivity contribution < 1.29 is 29.0 Å². The van der Waals surface area contributed by atoms with Crippen LogP contribution in [0, 0.1) is 6.92 Å². The van der Waals surface area contributed by atoms with Crippen LogP contribution in [0.2, 0.25) is 0 Å². The SMILES string of the molecule is Cc1cc(COc2ccc(C3(NC(=O)O)CCN(CC4NC(=O)NC4=O)C3=O)cc2)c2ccccc2n1. The van der Waals surface area contributed by atoms with Crippen molar-refractivity contribution in [2.45, 2.75) is 31.5 Å². The van der Waals surface area contributed by atoms with E-state index < -0.39 is 35.5 Å². The summed E-state index contributed by atoms with van der Waals surface area (Å²) in [5.74, 6) is -0.461. The van der Waals surface area contributed by atoms with Crippen LogP contribution in [-0.2, 0) is 21.7 Å². The Balaban J connectivity index is 1.34. The number of carbonyl (C=O) groups is 4. The number of benzene rings is 2. The van der Waals surface area contributed by atoms with Gasteiger partial charge in [0, 0.05) is 29.6 Å². The zero-order chi connectivity index (χ0) is 26.2. The smallest absolute Gasteiger partial charge is 0.405 e. The van der Waals surface area contributed by atoms with Crippen molar-refractivity contribution in [3.05, 3.63) is 71.4 Å². The molecule has 5 amide bonds. The van der Waals surface area contributed by atoms with Crippen LogP contribution < -0.4 is 20.7 Å². The van der Waals surface area contributed by atoms with Crippen molar-refractivity contribution in [3.63, 3.8) is 0 Å². The molecule has 2 aromatic carbocycles. The largest absolute Gasteiger partial charge is 0.489 e. The predicted molar refractivity (Wildman–Crippen MR) is 132 cm³/mol. The van der Waals surface area contributed by atoms with Gasteiger partial charge in [-0.15, -0.1) is 0 Å². The highest BCUT2D eigenvalue weighted by molar-refractivity contribution is 6.04. The molecule has 2 aliphatic heterocycles. The van der Waals surface area contributed by atoms with Crippen LogP contribution >= 0.6 is 0 Å². The molecule has 4 N–H and O–H groups in total. The van der Waals surface area contributed by atoms with E-state index in [4.69, 9.17) is 4.74 Å². The number of urea groups is 1. The van der Waals surface area contributed by atoms with Gasteiger partial charge in [0.15, 0.2) is 0 Å². The first-order valence-electron chi connectivity index (χ1n) is 11.8. The fourth-order valence-corrected chi connectivity index (χ4v) is 4.91. The number of amides is 5. The molecule has 3 heterocycles. The molecule has 11 nitrogen and oxygen atoms in total. The van der Waals surface area contributed by atoms with E-state index in [0.717, 1.165) is 22.2 Å². The Morgan fingerprint density at radius 3 is 2.65 bits per heavy atom. The summed E-state index contributed by atoms with van der Waals surface area (Å²) < 4.78 is 6.00. The van der Waals surface area contributed by atoms with Gasteiger partial charge in [-0.2, -0.15) is 0 Å². The number of carbonyl (C=O) groups excluding carboxylic acids is 3. The number of nitrogens with zero attached hydrogens (tertiary/aromatic N) is 2. The zero-order valence-electron chi connectivity index (χ0n) is 20.0. The molecule has 2 unspecified atom stereocenters. The Bertz CT molecular complexity index is 1410. The average molecular weight is 504 g/mol. The Labute approximate surface area is 211 Å². The molecule has 3 aromatic rings. The molecule has 5 rings (SSSR count). The number of ether oxygens (including phenoxy) is 1. The summed E-state index contributed by atoms with van der Waals surface area (Å²) in [4.78, 5) is 54.3. The molecule has 0 aliphatic carbocycles. The van der Waals surface area contributed by atoms with E-state index in [0.29, 0.717) is 17.9 Å². The average Bonchev–Trinajstić information content (AvgIpc) is 3.35. The lowest BCUT2D eigenvalue weighted by molar-refractivity contribution is -0.134. The maximum absolute atomic E-state index is 13.4. The third-order valence-corrected chi connectivity index (χ3v) is 6.66. The summed E-state index contributed by atoms with van der Waals surface area (Å²) in [5, 5.41) is 17.5. The van der Waals surface area contributed by atoms with Crippen molar-refractivity contribution in [2.24, 2.45) is 0 Å². The number of carboxylic acid groups (broad SMARTS) is 1. The van der Waals surface area contributed by atoms with Gasteiger partial charge >= 0.3 is 12.1 Å². The number of fused-ring (bicyclic) bond motifs is 1. The van der Waals surface area contributed by atoms with Crippen LogP contribution in [-0.4, -0.2) is 58.1 Å². The molecule has 37 heavy (non-hydrogen) atoms. The number of pyridine rings is 1. The Kier molecular flexibility index (Phi) is 6.12. The first-order valence-corrected chi connectivity index (χ1v) is 11.8. The minimum absolute atomic E-state index is 0.0556. The number of imide groups is 1. The van der Waals surface area contributed by atoms with Crippen molar-refractivity contribution in [2.75, 3.05) is 13.1 Å². The van der Waals surface area contributed by atoms with E-state index in [9.17, 15) is 24.3 Å². The molecule has 11 heteroatoms. The first kappa shape index (κ1) is 24.0. The quantitative estimate of drug-likeness (QED) is 0.360. The summed E-state index contributed by atoms with van der Waals surface area (Å²) in [7, 11) is 0. The maximum Gasteiger partial charge on any atom is 0.405 e. The Hall–Kier alpha value is -4.67. The van der Waals surface area contributed by atoms with Gasteiger partial charge in [0.25, 0.3) is 11.8 Å². The molecule has 2 saturated heterocycles. The summed E-state index contributed by atoms with van der Waals surface area (Å²) in [6.07, 6.45) is -1.18. The highest BCUT2D eigenvalue weighted by atomic mass is 16.5. The second-order valence-corrected chi connectivity index (χ2v) is 9.10. The highest BCUT2D eigenvalue weighted by Crippen LogP contribution is 2.35. The fraction of sp³-hybridized carbons (Fsp3) is 0.269. The van der Waals surface area contributed by atoms with E-state index in [1.807, 2.05) is 37.3 Å². The van der Waals surface area contributed by atoms with Gasteiger partial charge in [0.1, 0.15) is 23.9 Å². The third-order valence-electron chi connectivity index (χ3n) is 6.66. The van der Waals surface area contributed by atoms with E-state index in [1.54, 1.807) is 24.3 Å². The van der Waals surface area contributed by atoms with Crippen molar-refractivity contribution in [1.82, 2.24) is 25.8 Å². The number of nitrogens with one attached hydrogen (secondary N) is 3. The maximum atomic E-state index is 13.4. The predicted octanol–water partition coefficient (Wildman–Crippen LogP) is 2.03. The van der Waals surface area contributed by atoms with E-state index >= 15 is 0 Å². The second-order valence-electron chi connectivity index (χ2n) is 9.10. The molecule has 1 aromatic heterocycles. The van der Waals surface area contributed by atoms with Crippen LogP contribution in [0.4, 0.5) is 9.59 Å². The minimum Gasteiger partial charge on any atom is -0.489 e. The lowest BCUT2D eigenvalue weighted by atomic mass is 9.88. The van der Waals surface area contributed by atoms with Crippen LogP contribution in [0.25, 0.3) is 10.9 Å². The highest BCUT2D eigenvalue weighted by Gasteiger charge is 2.50. The van der Waals surface area contributed by atoms with Gasteiger partial charge in [-0.1, -0.05) is 30.3 Å². The van der Waals surface area contributed by atoms with E-state index in [-0.39, 0.29) is 19.5 Å². The third kappa shape index (κ3) is 4.63. The molecule has 0 saturated carbocycles. The standard InChI is InChI=1S/C26H25N5O6/c1-15-12-16(19-4-2-3-5-20(19)27-15)14-37-18-8-6-17(7-9-18)26(30-25(35)36)10-11-31(23(26)33)13-21-22(32)29-24(34)28-21/h2-9,12,21,30H,10-11,13-14H2,1H3,(H,35,36)(H2,28,29,32,34). The van der Waals surface area contributed by atoms with Crippen molar-refractivity contribution in [3.8, 4) is 5.75 Å². The van der Waals surface area contributed by atoms with Crippen LogP contribution in [0.15, 0.2) is 54.6 Å². The Morgan fingerprint density at radius 1 is 1.19 bits per heavy atom. The summed E-state index contributed by atoms with van der Waals surface area (Å²) in [6, 6.07) is 15.0. The van der Waals surface area contributed by atoms with Crippen molar-refractivity contribution >= 4 is 34.8 Å². The molecule has 0 radical (unpaired) electrons. The van der Waals surface area contributed by atoms with E-state index in [2.05, 4.69) is 20.9 Å². The first-order chi connectivity index (χ1) is 17.7. The monoisotopic (exact) mass is 503 g/mol. The number of likely N-dealkylation sites (tertiary alicyclic amines) is 1. The summed E-state index contributed by atoms with van der Waals surface area (Å²) in [5.41, 5.74) is 1.70. The van der Waals surface area contributed by atoms with Crippen LogP contribution in [0.5, 0.6) is 5.75 Å². The van der Waals surface area contributed by atoms with Crippen molar-refractivity contribution in [1.29, 1.82) is 0 Å². The molecular weight excluding hydrogens is 478 g/mol. The molecule has 2 atom stereocenters. The van der Waals surface area contributed by atoms with Gasteiger partial charge in [-0.05, 0) is 36.8 Å². The van der Waals surface area contributed by atoms with Gasteiger partial charge in [-0.25, -0.2) is 9.59 Å². The zero-order valence-corrected chi connectivity index (χ0v) is 20.0. The number of para-hydroxylation sites is 1. The number of rotatable bonds is 7. The summed E-state index contributed by atoms with van der Waals surface area (Å²) >= 11 is 0. The van der Waals surface area contributed by atoms with Gasteiger partial charge in [-0.3, -0.25) is 19.9 Å². The number of hydrogen-bond acceptors (Lipinski definition) is 6. The number of hydrogen-bond donors (Lipinski definition) is 4.